The Morgan fingerprint density at radius 3 is 2.51 bits per heavy atom. The van der Waals surface area contributed by atoms with Gasteiger partial charge in [-0.25, -0.2) is 4.79 Å². The molecule has 2 aromatic rings. The number of nitrogens with zero attached hydrogens (tertiary/aromatic N) is 1. The first-order valence-electron chi connectivity index (χ1n) is 11.1. The number of halogens is 3. The number of nitrogens with one attached hydrogen (secondary N) is 3. The van der Waals surface area contributed by atoms with Gasteiger partial charge in [-0.15, -0.1) is 0 Å². The summed E-state index contributed by atoms with van der Waals surface area (Å²) >= 11 is 0. The fourth-order valence-electron chi connectivity index (χ4n) is 4.04. The van der Waals surface area contributed by atoms with E-state index in [1.165, 1.54) is 16.7 Å². The first kappa shape index (κ1) is 26.0. The summed E-state index contributed by atoms with van der Waals surface area (Å²) in [5.41, 5.74) is 6.94. The molecule has 0 aliphatic carbocycles. The van der Waals surface area contributed by atoms with Crippen LogP contribution in [0.3, 0.4) is 0 Å². The molecule has 0 bridgehead atoms. The van der Waals surface area contributed by atoms with E-state index in [0.29, 0.717) is 12.6 Å². The second-order valence-corrected chi connectivity index (χ2v) is 8.65. The van der Waals surface area contributed by atoms with Crippen molar-refractivity contribution in [1.29, 1.82) is 0 Å². The summed E-state index contributed by atoms with van der Waals surface area (Å²) in [6.45, 7) is 5.89. The third-order valence-electron chi connectivity index (χ3n) is 5.79. The highest BCUT2D eigenvalue weighted by molar-refractivity contribution is 6.04. The van der Waals surface area contributed by atoms with Gasteiger partial charge >= 0.3 is 12.2 Å². The van der Waals surface area contributed by atoms with Gasteiger partial charge < -0.3 is 21.7 Å². The summed E-state index contributed by atoms with van der Waals surface area (Å²) in [6.07, 6.45) is -3.95. The summed E-state index contributed by atoms with van der Waals surface area (Å²) in [6, 6.07) is 7.40. The molecule has 1 fully saturated rings. The van der Waals surface area contributed by atoms with Crippen LogP contribution in [0.25, 0.3) is 0 Å². The Morgan fingerprint density at radius 2 is 1.86 bits per heavy atom. The number of amides is 4. The number of benzene rings is 2. The Morgan fingerprint density at radius 1 is 1.11 bits per heavy atom. The van der Waals surface area contributed by atoms with Crippen LogP contribution < -0.4 is 21.7 Å². The van der Waals surface area contributed by atoms with Crippen molar-refractivity contribution in [1.82, 2.24) is 15.5 Å². The molecule has 11 heteroatoms. The second kappa shape index (κ2) is 10.8. The average molecular weight is 492 g/mol. The van der Waals surface area contributed by atoms with E-state index in [4.69, 9.17) is 5.73 Å². The van der Waals surface area contributed by atoms with E-state index in [1.807, 2.05) is 6.92 Å². The molecular formula is C24H28F3N5O3. The molecule has 0 unspecified atom stereocenters. The number of hydrogen-bond acceptors (Lipinski definition) is 4. The smallest absolute Gasteiger partial charge is 0.351 e. The van der Waals surface area contributed by atoms with Crippen LogP contribution in [0, 0.1) is 13.8 Å². The van der Waals surface area contributed by atoms with Gasteiger partial charge in [-0.2, -0.15) is 13.2 Å². The monoisotopic (exact) mass is 491 g/mol. The third-order valence-corrected chi connectivity index (χ3v) is 5.79. The quantitative estimate of drug-likeness (QED) is 0.477. The van der Waals surface area contributed by atoms with E-state index in [0.717, 1.165) is 31.6 Å². The van der Waals surface area contributed by atoms with Gasteiger partial charge in [0.05, 0.1) is 23.4 Å². The maximum absolute atomic E-state index is 13.1. The minimum Gasteiger partial charge on any atom is -0.351 e. The molecule has 35 heavy (non-hydrogen) atoms. The predicted molar refractivity (Wildman–Crippen MR) is 125 cm³/mol. The molecule has 1 heterocycles. The van der Waals surface area contributed by atoms with Crippen molar-refractivity contribution in [3.05, 3.63) is 64.2 Å². The number of primary amides is 1. The number of hydrogen-bond donors (Lipinski definition) is 4. The molecule has 8 nitrogen and oxygen atoms in total. The topological polar surface area (TPSA) is 117 Å². The van der Waals surface area contributed by atoms with Gasteiger partial charge in [-0.3, -0.25) is 14.5 Å². The van der Waals surface area contributed by atoms with Gasteiger partial charge in [0.2, 0.25) is 5.91 Å². The number of alkyl halides is 3. The maximum Gasteiger partial charge on any atom is 0.416 e. The van der Waals surface area contributed by atoms with Crippen molar-refractivity contribution in [2.24, 2.45) is 5.73 Å². The Bertz CT molecular complexity index is 1120. The maximum atomic E-state index is 13.1. The molecule has 0 radical (unpaired) electrons. The number of carbonyl (C=O) groups excluding carboxylic acids is 3. The van der Waals surface area contributed by atoms with E-state index in [9.17, 15) is 27.6 Å². The number of aryl methyl sites for hydroxylation is 2. The minimum absolute atomic E-state index is 0.106. The summed E-state index contributed by atoms with van der Waals surface area (Å²) < 4.78 is 39.2. The highest BCUT2D eigenvalue weighted by Gasteiger charge is 2.32. The van der Waals surface area contributed by atoms with Gasteiger partial charge in [-0.05, 0) is 49.6 Å². The highest BCUT2D eigenvalue weighted by atomic mass is 19.4. The SMILES string of the molecule is Cc1ccc(CN2CC[C@@H](NC(=O)CNC(=O)c3cc(C(F)(F)F)ccc3NC(N)=O)C2)c(C)c1. The van der Waals surface area contributed by atoms with Crippen LogP contribution in [0.15, 0.2) is 36.4 Å². The van der Waals surface area contributed by atoms with Crippen LogP contribution >= 0.6 is 0 Å². The molecule has 4 amide bonds. The zero-order valence-corrected chi connectivity index (χ0v) is 19.5. The van der Waals surface area contributed by atoms with Crippen LogP contribution in [-0.4, -0.2) is 48.4 Å². The van der Waals surface area contributed by atoms with Gasteiger partial charge in [0, 0.05) is 25.7 Å². The van der Waals surface area contributed by atoms with Crippen LogP contribution in [-0.2, 0) is 17.5 Å². The number of rotatable bonds is 7. The van der Waals surface area contributed by atoms with Crippen molar-refractivity contribution in [3.8, 4) is 0 Å². The molecule has 0 aromatic heterocycles. The second-order valence-electron chi connectivity index (χ2n) is 8.65. The number of likely N-dealkylation sites (tertiary alicyclic amines) is 1. The zero-order valence-electron chi connectivity index (χ0n) is 19.5. The van der Waals surface area contributed by atoms with Gasteiger partial charge in [0.15, 0.2) is 0 Å². The van der Waals surface area contributed by atoms with Crippen molar-refractivity contribution in [3.63, 3.8) is 0 Å². The van der Waals surface area contributed by atoms with E-state index in [1.54, 1.807) is 0 Å². The molecule has 2 aromatic carbocycles. The lowest BCUT2D eigenvalue weighted by Gasteiger charge is -2.18. The molecule has 0 saturated carbocycles. The molecule has 1 atom stereocenters. The molecule has 0 spiro atoms. The summed E-state index contributed by atoms with van der Waals surface area (Å²) in [7, 11) is 0. The number of nitrogens with two attached hydrogens (primary N) is 1. The van der Waals surface area contributed by atoms with Gasteiger partial charge in [0.25, 0.3) is 5.91 Å². The average Bonchev–Trinajstić information content (AvgIpc) is 3.20. The van der Waals surface area contributed by atoms with Crippen LogP contribution in [0.2, 0.25) is 0 Å². The molecule has 1 aliphatic heterocycles. The standard InChI is InChI=1S/C24H28F3N5O3/c1-14-3-4-16(15(2)9-14)12-32-8-7-18(13-32)30-21(33)11-29-22(34)19-10-17(24(25,26)27)5-6-20(19)31-23(28)35/h3-6,9-10,18H,7-8,11-13H2,1-2H3,(H,29,34)(H,30,33)(H3,28,31,35)/t18-/m1/s1. The molecule has 5 N–H and O–H groups in total. The van der Waals surface area contributed by atoms with E-state index in [2.05, 4.69) is 46.0 Å². The van der Waals surface area contributed by atoms with E-state index < -0.39 is 41.7 Å². The summed E-state index contributed by atoms with van der Waals surface area (Å²) in [4.78, 5) is 38.3. The lowest BCUT2D eigenvalue weighted by molar-refractivity contribution is -0.137. The highest BCUT2D eigenvalue weighted by Crippen LogP contribution is 2.32. The lowest BCUT2D eigenvalue weighted by Crippen LogP contribution is -2.43. The van der Waals surface area contributed by atoms with Crippen molar-refractivity contribution in [2.75, 3.05) is 25.0 Å². The first-order valence-corrected chi connectivity index (χ1v) is 11.1. The summed E-state index contributed by atoms with van der Waals surface area (Å²) in [5, 5.41) is 7.26. The zero-order chi connectivity index (χ0) is 25.8. The van der Waals surface area contributed by atoms with Gasteiger partial charge in [0.1, 0.15) is 0 Å². The van der Waals surface area contributed by atoms with Gasteiger partial charge in [-0.1, -0.05) is 23.8 Å². The van der Waals surface area contributed by atoms with Crippen molar-refractivity contribution < 1.29 is 27.6 Å². The van der Waals surface area contributed by atoms with Crippen molar-refractivity contribution in [2.45, 2.75) is 39.0 Å². The molecular weight excluding hydrogens is 463 g/mol. The normalized spacial score (nSPS) is 16.1. The fraction of sp³-hybridized carbons (Fsp3) is 0.375. The molecule has 1 saturated heterocycles. The molecule has 1 aliphatic rings. The number of carbonyl (C=O) groups is 3. The minimum atomic E-state index is -4.69. The summed E-state index contributed by atoms with van der Waals surface area (Å²) in [5.74, 6) is -1.41. The lowest BCUT2D eigenvalue weighted by atomic mass is 10.1. The predicted octanol–water partition coefficient (Wildman–Crippen LogP) is 2.93. The number of urea groups is 1. The first-order chi connectivity index (χ1) is 16.4. The molecule has 3 rings (SSSR count). The fourth-order valence-corrected chi connectivity index (χ4v) is 4.04. The molecule has 188 valence electrons. The van der Waals surface area contributed by atoms with E-state index >= 15 is 0 Å². The Labute approximate surface area is 201 Å². The van der Waals surface area contributed by atoms with Crippen LogP contribution in [0.1, 0.15) is 39.0 Å². The Kier molecular flexibility index (Phi) is 8.00. The van der Waals surface area contributed by atoms with E-state index in [-0.39, 0.29) is 11.7 Å². The van der Waals surface area contributed by atoms with Crippen molar-refractivity contribution >= 4 is 23.5 Å². The van der Waals surface area contributed by atoms with Crippen LogP contribution in [0.4, 0.5) is 23.7 Å². The van der Waals surface area contributed by atoms with Crippen LogP contribution in [0.5, 0.6) is 0 Å². The Balaban J connectivity index is 1.55. The number of anilines is 1. The largest absolute Gasteiger partial charge is 0.416 e. The third kappa shape index (κ3) is 7.19. The Hall–Kier alpha value is -3.60.